The summed E-state index contributed by atoms with van der Waals surface area (Å²) in [7, 11) is 1.59. The van der Waals surface area contributed by atoms with Gasteiger partial charge >= 0.3 is 0 Å². The summed E-state index contributed by atoms with van der Waals surface area (Å²) in [6.07, 6.45) is 2.26. The number of halogens is 2. The molecular formula is C15H14F2N2O. The number of rotatable bonds is 4. The van der Waals surface area contributed by atoms with Crippen molar-refractivity contribution in [3.8, 4) is 0 Å². The highest BCUT2D eigenvalue weighted by Gasteiger charge is 2.14. The Morgan fingerprint density at radius 3 is 2.50 bits per heavy atom. The average Bonchev–Trinajstić information content (AvgIpc) is 2.44. The van der Waals surface area contributed by atoms with Crippen molar-refractivity contribution in [2.24, 2.45) is 0 Å². The zero-order valence-electron chi connectivity index (χ0n) is 11.0. The first kappa shape index (κ1) is 14.1. The molecule has 0 aliphatic carbocycles. The molecule has 0 saturated heterocycles. The van der Waals surface area contributed by atoms with Gasteiger partial charge in [0, 0.05) is 43.5 Å². The van der Waals surface area contributed by atoms with E-state index in [1.807, 2.05) is 18.2 Å². The molecule has 0 N–H and O–H groups in total. The summed E-state index contributed by atoms with van der Waals surface area (Å²) in [5, 5.41) is 0. The van der Waals surface area contributed by atoms with Gasteiger partial charge in [-0.15, -0.1) is 0 Å². The molecule has 0 bridgehead atoms. The van der Waals surface area contributed by atoms with E-state index in [1.54, 1.807) is 13.2 Å². The molecule has 1 aromatic carbocycles. The number of hydrogen-bond donors (Lipinski definition) is 0. The van der Waals surface area contributed by atoms with E-state index in [9.17, 15) is 13.6 Å². The van der Waals surface area contributed by atoms with Crippen LogP contribution in [0.3, 0.4) is 0 Å². The normalized spacial score (nSPS) is 10.3. The molecule has 0 saturated carbocycles. The van der Waals surface area contributed by atoms with Crippen molar-refractivity contribution in [3.05, 3.63) is 65.5 Å². The topological polar surface area (TPSA) is 33.2 Å². The second-order valence-corrected chi connectivity index (χ2v) is 4.46. The fourth-order valence-corrected chi connectivity index (χ4v) is 1.83. The Morgan fingerprint density at radius 1 is 1.20 bits per heavy atom. The standard InChI is InChI=1S/C15H14F2N2O/c1-19(7-5-14-4-2-3-6-18-14)15(20)11-8-12(16)10-13(17)9-11/h2-4,6,8-10H,5,7H2,1H3. The van der Waals surface area contributed by atoms with Gasteiger partial charge < -0.3 is 4.90 Å². The molecule has 0 atom stereocenters. The third kappa shape index (κ3) is 3.60. The van der Waals surface area contributed by atoms with Crippen LogP contribution in [0.2, 0.25) is 0 Å². The number of amides is 1. The van der Waals surface area contributed by atoms with Crippen LogP contribution < -0.4 is 0 Å². The number of hydrogen-bond acceptors (Lipinski definition) is 2. The van der Waals surface area contributed by atoms with Crippen LogP contribution in [0.15, 0.2) is 42.6 Å². The van der Waals surface area contributed by atoms with E-state index in [0.29, 0.717) is 13.0 Å². The highest BCUT2D eigenvalue weighted by molar-refractivity contribution is 5.94. The first-order chi connectivity index (χ1) is 9.56. The fraction of sp³-hybridized carbons (Fsp3) is 0.200. The van der Waals surface area contributed by atoms with Gasteiger partial charge in [-0.25, -0.2) is 8.78 Å². The first-order valence-corrected chi connectivity index (χ1v) is 6.18. The van der Waals surface area contributed by atoms with Crippen molar-refractivity contribution in [2.45, 2.75) is 6.42 Å². The van der Waals surface area contributed by atoms with Crippen LogP contribution >= 0.6 is 0 Å². The van der Waals surface area contributed by atoms with Crippen LogP contribution in [-0.2, 0) is 6.42 Å². The highest BCUT2D eigenvalue weighted by atomic mass is 19.1. The van der Waals surface area contributed by atoms with Gasteiger partial charge in [0.05, 0.1) is 0 Å². The van der Waals surface area contributed by atoms with Gasteiger partial charge in [0.1, 0.15) is 11.6 Å². The summed E-state index contributed by atoms with van der Waals surface area (Å²) in [6, 6.07) is 8.34. The van der Waals surface area contributed by atoms with E-state index in [2.05, 4.69) is 4.98 Å². The summed E-state index contributed by atoms with van der Waals surface area (Å²) >= 11 is 0. The molecule has 104 valence electrons. The molecule has 0 aliphatic rings. The van der Waals surface area contributed by atoms with E-state index >= 15 is 0 Å². The minimum atomic E-state index is -0.758. The molecular weight excluding hydrogens is 262 g/mol. The van der Waals surface area contributed by atoms with Gasteiger partial charge in [0.2, 0.25) is 0 Å². The Labute approximate surface area is 115 Å². The lowest BCUT2D eigenvalue weighted by atomic mass is 10.2. The molecule has 0 spiro atoms. The zero-order valence-corrected chi connectivity index (χ0v) is 11.0. The minimum absolute atomic E-state index is 0.00557. The quantitative estimate of drug-likeness (QED) is 0.860. The summed E-state index contributed by atoms with van der Waals surface area (Å²) in [5.41, 5.74) is 0.864. The average molecular weight is 276 g/mol. The van der Waals surface area contributed by atoms with Gasteiger partial charge in [-0.1, -0.05) is 6.07 Å². The predicted octanol–water partition coefficient (Wildman–Crippen LogP) is 2.67. The van der Waals surface area contributed by atoms with Crippen molar-refractivity contribution in [1.82, 2.24) is 9.88 Å². The van der Waals surface area contributed by atoms with Crippen LogP contribution in [0.4, 0.5) is 8.78 Å². The molecule has 1 heterocycles. The Morgan fingerprint density at radius 2 is 1.90 bits per heavy atom. The van der Waals surface area contributed by atoms with Crippen molar-refractivity contribution in [1.29, 1.82) is 0 Å². The summed E-state index contributed by atoms with van der Waals surface area (Å²) in [5.74, 6) is -1.93. The molecule has 0 aliphatic heterocycles. The van der Waals surface area contributed by atoms with Crippen LogP contribution in [0.1, 0.15) is 16.1 Å². The maximum atomic E-state index is 13.1. The number of aromatic nitrogens is 1. The number of pyridine rings is 1. The second-order valence-electron chi connectivity index (χ2n) is 4.46. The van der Waals surface area contributed by atoms with E-state index in [4.69, 9.17) is 0 Å². The lowest BCUT2D eigenvalue weighted by molar-refractivity contribution is 0.0795. The number of carbonyl (C=O) groups excluding carboxylic acids is 1. The zero-order chi connectivity index (χ0) is 14.5. The van der Waals surface area contributed by atoms with Gasteiger partial charge in [-0.3, -0.25) is 9.78 Å². The van der Waals surface area contributed by atoms with E-state index in [1.165, 1.54) is 4.90 Å². The van der Waals surface area contributed by atoms with Crippen molar-refractivity contribution < 1.29 is 13.6 Å². The molecule has 0 unspecified atom stereocenters. The molecule has 5 heteroatoms. The first-order valence-electron chi connectivity index (χ1n) is 6.18. The molecule has 1 aromatic heterocycles. The lowest BCUT2D eigenvalue weighted by Crippen LogP contribution is -2.29. The second kappa shape index (κ2) is 6.23. The molecule has 20 heavy (non-hydrogen) atoms. The Bertz CT molecular complexity index is 582. The number of benzene rings is 1. The predicted molar refractivity (Wildman–Crippen MR) is 71.3 cm³/mol. The van der Waals surface area contributed by atoms with Gasteiger partial charge in [0.25, 0.3) is 5.91 Å². The Kier molecular flexibility index (Phi) is 4.40. The van der Waals surface area contributed by atoms with E-state index < -0.39 is 17.5 Å². The van der Waals surface area contributed by atoms with Crippen molar-refractivity contribution in [3.63, 3.8) is 0 Å². The Balaban J connectivity index is 2.01. The van der Waals surface area contributed by atoms with Crippen LogP contribution in [0.25, 0.3) is 0 Å². The maximum absolute atomic E-state index is 13.1. The molecule has 0 radical (unpaired) electrons. The molecule has 3 nitrogen and oxygen atoms in total. The van der Waals surface area contributed by atoms with Crippen molar-refractivity contribution >= 4 is 5.91 Å². The minimum Gasteiger partial charge on any atom is -0.341 e. The smallest absolute Gasteiger partial charge is 0.253 e. The third-order valence-electron chi connectivity index (χ3n) is 2.89. The Hall–Kier alpha value is -2.30. The largest absolute Gasteiger partial charge is 0.341 e. The van der Waals surface area contributed by atoms with E-state index in [0.717, 1.165) is 23.9 Å². The summed E-state index contributed by atoms with van der Waals surface area (Å²) < 4.78 is 26.2. The van der Waals surface area contributed by atoms with Crippen molar-refractivity contribution in [2.75, 3.05) is 13.6 Å². The number of likely N-dealkylation sites (N-methyl/N-ethyl adjacent to an activating group) is 1. The molecule has 2 aromatic rings. The highest BCUT2D eigenvalue weighted by Crippen LogP contribution is 2.10. The van der Waals surface area contributed by atoms with Gasteiger partial charge in [-0.2, -0.15) is 0 Å². The molecule has 0 fully saturated rings. The van der Waals surface area contributed by atoms with Crippen LogP contribution in [0.5, 0.6) is 0 Å². The number of carbonyl (C=O) groups is 1. The van der Waals surface area contributed by atoms with Gasteiger partial charge in [0.15, 0.2) is 0 Å². The van der Waals surface area contributed by atoms with Gasteiger partial charge in [-0.05, 0) is 24.3 Å². The third-order valence-corrected chi connectivity index (χ3v) is 2.89. The molecule has 2 rings (SSSR count). The molecule has 1 amide bonds. The van der Waals surface area contributed by atoms with E-state index in [-0.39, 0.29) is 5.56 Å². The lowest BCUT2D eigenvalue weighted by Gasteiger charge is -2.17. The van der Waals surface area contributed by atoms with Crippen LogP contribution in [-0.4, -0.2) is 29.4 Å². The summed E-state index contributed by atoms with van der Waals surface area (Å²) in [6.45, 7) is 0.425. The monoisotopic (exact) mass is 276 g/mol. The van der Waals surface area contributed by atoms with Crippen LogP contribution in [0, 0.1) is 11.6 Å². The number of nitrogens with zero attached hydrogens (tertiary/aromatic N) is 2. The fourth-order valence-electron chi connectivity index (χ4n) is 1.83. The SMILES string of the molecule is CN(CCc1ccccn1)C(=O)c1cc(F)cc(F)c1. The summed E-state index contributed by atoms with van der Waals surface area (Å²) in [4.78, 5) is 17.6. The maximum Gasteiger partial charge on any atom is 0.253 e.